The van der Waals surface area contributed by atoms with Gasteiger partial charge in [0.25, 0.3) is 24.1 Å². The number of halogens is 5. The van der Waals surface area contributed by atoms with Gasteiger partial charge >= 0.3 is 0 Å². The molecule has 1 saturated heterocycles. The minimum absolute atomic E-state index is 0.0127. The number of carbonyl (C=O) groups excluding carboxylic acids is 2. The Bertz CT molecular complexity index is 1370. The van der Waals surface area contributed by atoms with E-state index in [9.17, 15) is 18.4 Å². The summed E-state index contributed by atoms with van der Waals surface area (Å²) in [5.41, 5.74) is -1.44. The lowest BCUT2D eigenvalue weighted by atomic mass is 9.94. The third-order valence-electron chi connectivity index (χ3n) is 5.91. The zero-order chi connectivity index (χ0) is 28.3. The fraction of sp³-hybridized carbons (Fsp3) is 0.320. The van der Waals surface area contributed by atoms with Crippen LogP contribution >= 0.6 is 23.2 Å². The number of ether oxygens (including phenoxy) is 3. The highest BCUT2D eigenvalue weighted by Crippen LogP contribution is 2.47. The maximum atomic E-state index is 15.9. The van der Waals surface area contributed by atoms with Gasteiger partial charge in [-0.25, -0.2) is 13.2 Å². The van der Waals surface area contributed by atoms with Gasteiger partial charge in [0.1, 0.15) is 6.61 Å². The average Bonchev–Trinajstić information content (AvgIpc) is 3.37. The Morgan fingerprint density at radius 2 is 1.87 bits per heavy atom. The van der Waals surface area contributed by atoms with Gasteiger partial charge in [-0.1, -0.05) is 53.5 Å². The number of hydrogen-bond acceptors (Lipinski definition) is 7. The van der Waals surface area contributed by atoms with E-state index in [1.165, 1.54) is 20.1 Å². The fourth-order valence-corrected chi connectivity index (χ4v) is 4.53. The Hall–Kier alpha value is -3.48. The molecule has 2 aromatic carbocycles. The molecule has 1 aliphatic heterocycles. The van der Waals surface area contributed by atoms with Crippen molar-refractivity contribution >= 4 is 35.0 Å². The molecule has 1 aliphatic rings. The highest BCUT2D eigenvalue weighted by molar-refractivity contribution is 6.44. The minimum Gasteiger partial charge on any atom is -0.484 e. The molecule has 0 aliphatic carbocycles. The third-order valence-corrected chi connectivity index (χ3v) is 6.78. The van der Waals surface area contributed by atoms with Crippen LogP contribution in [-0.2, 0) is 9.53 Å². The molecule has 1 fully saturated rings. The van der Waals surface area contributed by atoms with Gasteiger partial charge in [-0.05, 0) is 17.6 Å². The van der Waals surface area contributed by atoms with Gasteiger partial charge in [-0.15, -0.1) is 0 Å². The summed E-state index contributed by atoms with van der Waals surface area (Å²) in [6.45, 7) is -0.0633. The van der Waals surface area contributed by atoms with Gasteiger partial charge in [-0.2, -0.15) is 0 Å². The predicted octanol–water partition coefficient (Wildman–Crippen LogP) is 4.82. The molecule has 2 heterocycles. The lowest BCUT2D eigenvalue weighted by Crippen LogP contribution is -2.70. The number of methoxy groups -OCH3 is 1. The van der Waals surface area contributed by atoms with Crippen molar-refractivity contribution in [2.75, 3.05) is 26.9 Å². The Kier molecular flexibility index (Phi) is 8.57. The first-order valence-corrected chi connectivity index (χ1v) is 12.2. The Morgan fingerprint density at radius 3 is 2.44 bits per heavy atom. The molecule has 3 aromatic rings. The van der Waals surface area contributed by atoms with E-state index in [-0.39, 0.29) is 46.0 Å². The van der Waals surface area contributed by atoms with Gasteiger partial charge in [0, 0.05) is 11.1 Å². The Morgan fingerprint density at radius 1 is 1.18 bits per heavy atom. The van der Waals surface area contributed by atoms with Crippen LogP contribution in [0.5, 0.6) is 11.6 Å². The zero-order valence-corrected chi connectivity index (χ0v) is 22.0. The highest BCUT2D eigenvalue weighted by atomic mass is 35.5. The first-order valence-electron chi connectivity index (χ1n) is 11.5. The maximum absolute atomic E-state index is 15.9. The van der Waals surface area contributed by atoms with Crippen LogP contribution in [0.3, 0.4) is 0 Å². The summed E-state index contributed by atoms with van der Waals surface area (Å²) in [5, 5.41) is 8.24. The number of alkyl halides is 2. The van der Waals surface area contributed by atoms with Crippen LogP contribution in [0, 0.1) is 5.82 Å². The fourth-order valence-electron chi connectivity index (χ4n) is 3.90. The number of aromatic nitrogens is 1. The molecule has 14 heteroatoms. The molecule has 9 nitrogen and oxygen atoms in total. The SMILES string of the molecule is COc1cc(C(=O)NC2(C(=O)N[C@H](C)c3c(F)c(OCC(F)F)c(-c4ccccc4)c(Cl)c3Cl)COC2)on1. The normalized spacial score (nSPS) is 14.9. The van der Waals surface area contributed by atoms with Crippen LogP contribution in [0.2, 0.25) is 10.0 Å². The summed E-state index contributed by atoms with van der Waals surface area (Å²) >= 11 is 13.0. The molecule has 208 valence electrons. The number of hydrogen-bond donors (Lipinski definition) is 2. The molecule has 1 atom stereocenters. The lowest BCUT2D eigenvalue weighted by Gasteiger charge is -2.40. The Labute approximate surface area is 230 Å². The molecule has 0 unspecified atom stereocenters. The van der Waals surface area contributed by atoms with Crippen LogP contribution in [-0.4, -0.2) is 55.9 Å². The van der Waals surface area contributed by atoms with E-state index in [0.717, 1.165) is 0 Å². The first-order chi connectivity index (χ1) is 18.6. The molecule has 2 amide bonds. The molecule has 0 saturated carbocycles. The van der Waals surface area contributed by atoms with Crippen molar-refractivity contribution in [2.24, 2.45) is 0 Å². The number of nitrogens with one attached hydrogen (secondary N) is 2. The molecule has 0 spiro atoms. The number of carbonyl (C=O) groups is 2. The third kappa shape index (κ3) is 5.77. The molecular weight excluding hydrogens is 566 g/mol. The smallest absolute Gasteiger partial charge is 0.291 e. The number of amides is 2. The van der Waals surface area contributed by atoms with E-state index >= 15 is 4.39 Å². The van der Waals surface area contributed by atoms with Crippen molar-refractivity contribution in [1.82, 2.24) is 15.8 Å². The second-order valence-electron chi connectivity index (χ2n) is 8.59. The number of rotatable bonds is 10. The summed E-state index contributed by atoms with van der Waals surface area (Å²) in [7, 11) is 1.34. The largest absolute Gasteiger partial charge is 0.484 e. The molecule has 4 rings (SSSR count). The highest BCUT2D eigenvalue weighted by Gasteiger charge is 2.48. The van der Waals surface area contributed by atoms with Gasteiger partial charge < -0.3 is 29.4 Å². The van der Waals surface area contributed by atoms with Crippen molar-refractivity contribution in [1.29, 1.82) is 0 Å². The minimum atomic E-state index is -2.89. The molecule has 0 bridgehead atoms. The number of nitrogens with zero attached hydrogens (tertiary/aromatic N) is 1. The Balaban J connectivity index is 1.63. The van der Waals surface area contributed by atoms with Crippen molar-refractivity contribution in [3.8, 4) is 22.8 Å². The summed E-state index contributed by atoms with van der Waals surface area (Å²) in [6, 6.07) is 8.27. The lowest BCUT2D eigenvalue weighted by molar-refractivity contribution is -0.147. The summed E-state index contributed by atoms with van der Waals surface area (Å²) in [4.78, 5) is 25.9. The quantitative estimate of drug-likeness (QED) is 0.327. The maximum Gasteiger partial charge on any atom is 0.291 e. The van der Waals surface area contributed by atoms with Crippen LogP contribution in [0.1, 0.15) is 29.1 Å². The zero-order valence-electron chi connectivity index (χ0n) is 20.5. The van der Waals surface area contributed by atoms with E-state index in [4.69, 9.17) is 41.9 Å². The molecular formula is C25H22Cl2F3N3O6. The van der Waals surface area contributed by atoms with Crippen LogP contribution in [0.4, 0.5) is 13.2 Å². The van der Waals surface area contributed by atoms with Crippen LogP contribution in [0.25, 0.3) is 11.1 Å². The summed E-state index contributed by atoms with van der Waals surface area (Å²) in [5.74, 6) is -3.26. The van der Waals surface area contributed by atoms with E-state index in [1.807, 2.05) is 0 Å². The van der Waals surface area contributed by atoms with E-state index < -0.39 is 48.0 Å². The van der Waals surface area contributed by atoms with Crippen molar-refractivity contribution < 1.29 is 41.5 Å². The molecule has 39 heavy (non-hydrogen) atoms. The van der Waals surface area contributed by atoms with Crippen LogP contribution in [0.15, 0.2) is 40.9 Å². The number of benzene rings is 2. The summed E-state index contributed by atoms with van der Waals surface area (Å²) in [6.07, 6.45) is -2.89. The van der Waals surface area contributed by atoms with Crippen LogP contribution < -0.4 is 20.1 Å². The van der Waals surface area contributed by atoms with Gasteiger partial charge in [0.05, 0.1) is 42.5 Å². The summed E-state index contributed by atoms with van der Waals surface area (Å²) < 4.78 is 61.9. The second-order valence-corrected chi connectivity index (χ2v) is 9.34. The molecule has 2 N–H and O–H groups in total. The van der Waals surface area contributed by atoms with E-state index in [1.54, 1.807) is 30.3 Å². The standard InChI is InChI=1S/C25H22Cl2F3N3O6/c1-12(31-24(35)25(10-37-11-25)32-23(34)14-8-16(36-2)33-39-14)17-19(26)20(27)18(13-6-4-3-5-7-13)22(21(17)30)38-9-15(28)29/h3-8,12,15H,9-11H2,1-2H3,(H,31,35)(H,32,34)/t12-/m1/s1. The topological polar surface area (TPSA) is 112 Å². The molecule has 1 aromatic heterocycles. The monoisotopic (exact) mass is 587 g/mol. The average molecular weight is 588 g/mol. The van der Waals surface area contributed by atoms with Crippen molar-refractivity contribution in [2.45, 2.75) is 24.9 Å². The van der Waals surface area contributed by atoms with Crippen molar-refractivity contribution in [3.63, 3.8) is 0 Å². The van der Waals surface area contributed by atoms with E-state index in [0.29, 0.717) is 5.56 Å². The van der Waals surface area contributed by atoms with Gasteiger partial charge in [0.2, 0.25) is 5.76 Å². The second kappa shape index (κ2) is 11.7. The van der Waals surface area contributed by atoms with Crippen molar-refractivity contribution in [3.05, 3.63) is 63.6 Å². The predicted molar refractivity (Wildman–Crippen MR) is 134 cm³/mol. The van der Waals surface area contributed by atoms with Gasteiger partial charge in [0.15, 0.2) is 17.1 Å². The molecule has 0 radical (unpaired) electrons. The van der Waals surface area contributed by atoms with E-state index in [2.05, 4.69) is 15.8 Å². The first kappa shape index (κ1) is 28.5. The van der Waals surface area contributed by atoms with Gasteiger partial charge in [-0.3, -0.25) is 9.59 Å².